The number of carbonyl (C=O) groups excluding carboxylic acids is 1. The molecular weight excluding hydrogens is 318 g/mol. The molecular formula is C19H17N3O3. The fourth-order valence-corrected chi connectivity index (χ4v) is 2.64. The molecule has 0 spiro atoms. The highest BCUT2D eigenvalue weighted by Gasteiger charge is 2.24. The summed E-state index contributed by atoms with van der Waals surface area (Å²) in [6.45, 7) is 1.74. The number of aryl methyl sites for hydroxylation is 1. The number of benzene rings is 1. The summed E-state index contributed by atoms with van der Waals surface area (Å²) in [5, 5.41) is 21.2. The van der Waals surface area contributed by atoms with Gasteiger partial charge in [-0.2, -0.15) is 5.26 Å². The van der Waals surface area contributed by atoms with Gasteiger partial charge in [0, 0.05) is 24.7 Å². The average Bonchev–Trinajstić information content (AvgIpc) is 3.24. The van der Waals surface area contributed by atoms with Crippen molar-refractivity contribution in [1.29, 1.82) is 5.26 Å². The van der Waals surface area contributed by atoms with Gasteiger partial charge < -0.3 is 14.8 Å². The summed E-state index contributed by atoms with van der Waals surface area (Å²) in [5.74, 6) is 0.314. The molecule has 0 saturated heterocycles. The van der Waals surface area contributed by atoms with Crippen molar-refractivity contribution in [2.45, 2.75) is 13.3 Å². The Morgan fingerprint density at radius 3 is 2.56 bits per heavy atom. The number of nitrogens with zero attached hydrogens (tertiary/aromatic N) is 2. The van der Waals surface area contributed by atoms with Crippen molar-refractivity contribution < 1.29 is 14.3 Å². The van der Waals surface area contributed by atoms with Crippen LogP contribution in [-0.4, -0.2) is 22.2 Å². The number of furan rings is 1. The van der Waals surface area contributed by atoms with Gasteiger partial charge in [0.25, 0.3) is 5.91 Å². The van der Waals surface area contributed by atoms with Gasteiger partial charge in [-0.15, -0.1) is 0 Å². The largest absolute Gasteiger partial charge is 0.443 e. The molecule has 6 nitrogen and oxygen atoms in total. The van der Waals surface area contributed by atoms with Crippen molar-refractivity contribution in [2.24, 2.45) is 0 Å². The van der Waals surface area contributed by atoms with Crippen LogP contribution in [0.4, 0.5) is 5.69 Å². The van der Waals surface area contributed by atoms with Gasteiger partial charge in [0.2, 0.25) is 5.88 Å². The summed E-state index contributed by atoms with van der Waals surface area (Å²) >= 11 is 0. The highest BCUT2D eigenvalue weighted by molar-refractivity contribution is 6.07. The summed E-state index contributed by atoms with van der Waals surface area (Å²) in [6, 6.07) is 12.9. The zero-order chi connectivity index (χ0) is 17.8. The molecule has 1 aromatic carbocycles. The topological polar surface area (TPSA) is 91.2 Å². The van der Waals surface area contributed by atoms with Crippen LogP contribution >= 0.6 is 0 Å². The number of aromatic nitrogens is 1. The molecule has 126 valence electrons. The Labute approximate surface area is 144 Å². The third kappa shape index (κ3) is 3.32. The van der Waals surface area contributed by atoms with Crippen molar-refractivity contribution in [2.75, 3.05) is 11.9 Å². The molecule has 0 atom stereocenters. The van der Waals surface area contributed by atoms with E-state index in [2.05, 4.69) is 11.4 Å². The number of amides is 1. The molecule has 0 unspecified atom stereocenters. The van der Waals surface area contributed by atoms with Crippen molar-refractivity contribution in [3.05, 3.63) is 71.2 Å². The third-order valence-corrected chi connectivity index (χ3v) is 3.86. The highest BCUT2D eigenvalue weighted by Crippen LogP contribution is 2.26. The van der Waals surface area contributed by atoms with Crippen molar-refractivity contribution in [1.82, 2.24) is 4.57 Å². The number of nitrogens with one attached hydrogen (secondary N) is 1. The second kappa shape index (κ2) is 7.07. The van der Waals surface area contributed by atoms with Crippen molar-refractivity contribution in [3.63, 3.8) is 0 Å². The lowest BCUT2D eigenvalue weighted by molar-refractivity contribution is 0.102. The first-order valence-corrected chi connectivity index (χ1v) is 7.82. The first-order chi connectivity index (χ1) is 12.1. The van der Waals surface area contributed by atoms with Gasteiger partial charge in [0.1, 0.15) is 23.0 Å². The van der Waals surface area contributed by atoms with E-state index in [0.717, 1.165) is 5.56 Å². The van der Waals surface area contributed by atoms with E-state index in [1.54, 1.807) is 36.0 Å². The van der Waals surface area contributed by atoms with E-state index in [1.165, 1.54) is 0 Å². The lowest BCUT2D eigenvalue weighted by Crippen LogP contribution is -2.14. The zero-order valence-corrected chi connectivity index (χ0v) is 13.7. The maximum Gasteiger partial charge on any atom is 0.260 e. The number of aliphatic hydroxyl groups is 1. The van der Waals surface area contributed by atoms with Gasteiger partial charge in [0.15, 0.2) is 0 Å². The molecule has 0 bridgehead atoms. The molecule has 0 aliphatic heterocycles. The SMILES string of the molecule is Cc1oc(-n2cccc2)c(C#N)c1C(=O)Nc1ccc(CCO)cc1. The molecule has 25 heavy (non-hydrogen) atoms. The van der Waals surface area contributed by atoms with Crippen LogP contribution in [0.2, 0.25) is 0 Å². The molecule has 2 heterocycles. The van der Waals surface area contributed by atoms with Crippen LogP contribution in [0, 0.1) is 18.3 Å². The van der Waals surface area contributed by atoms with Crippen LogP contribution in [0.5, 0.6) is 0 Å². The number of nitriles is 1. The van der Waals surface area contributed by atoms with Gasteiger partial charge in [-0.1, -0.05) is 12.1 Å². The van der Waals surface area contributed by atoms with Crippen molar-refractivity contribution >= 4 is 11.6 Å². The zero-order valence-electron chi connectivity index (χ0n) is 13.7. The lowest BCUT2D eigenvalue weighted by Gasteiger charge is -2.06. The average molecular weight is 335 g/mol. The lowest BCUT2D eigenvalue weighted by atomic mass is 10.1. The van der Waals surface area contributed by atoms with Crippen LogP contribution in [-0.2, 0) is 6.42 Å². The number of aliphatic hydroxyl groups excluding tert-OH is 1. The van der Waals surface area contributed by atoms with Crippen LogP contribution < -0.4 is 5.32 Å². The fraction of sp³-hybridized carbons (Fsp3) is 0.158. The summed E-state index contributed by atoms with van der Waals surface area (Å²) < 4.78 is 7.30. The molecule has 6 heteroatoms. The van der Waals surface area contributed by atoms with E-state index < -0.39 is 5.91 Å². The van der Waals surface area contributed by atoms with Gasteiger partial charge in [-0.05, 0) is 43.2 Å². The second-order valence-corrected chi connectivity index (χ2v) is 5.54. The Balaban J connectivity index is 1.88. The molecule has 0 aliphatic carbocycles. The minimum absolute atomic E-state index is 0.0770. The van der Waals surface area contributed by atoms with Crippen LogP contribution in [0.25, 0.3) is 5.88 Å². The number of carbonyl (C=O) groups is 1. The normalized spacial score (nSPS) is 10.4. The van der Waals surface area contributed by atoms with E-state index in [4.69, 9.17) is 9.52 Å². The molecule has 3 rings (SSSR count). The number of hydrogen-bond acceptors (Lipinski definition) is 4. The Morgan fingerprint density at radius 1 is 1.28 bits per heavy atom. The van der Waals surface area contributed by atoms with Gasteiger partial charge in [0.05, 0.1) is 0 Å². The Hall–Kier alpha value is -3.30. The Bertz CT molecular complexity index is 916. The van der Waals surface area contributed by atoms with E-state index in [-0.39, 0.29) is 17.7 Å². The predicted octanol–water partition coefficient (Wildman–Crippen LogP) is 3.04. The molecule has 3 aromatic rings. The predicted molar refractivity (Wildman–Crippen MR) is 92.7 cm³/mol. The molecule has 0 saturated carbocycles. The molecule has 0 radical (unpaired) electrons. The number of hydrogen-bond donors (Lipinski definition) is 2. The first-order valence-electron chi connectivity index (χ1n) is 7.82. The molecule has 2 aromatic heterocycles. The standard InChI is InChI=1S/C19H17N3O3/c1-13-17(16(12-20)19(25-13)22-9-2-3-10-22)18(24)21-15-6-4-14(5-7-15)8-11-23/h2-7,9-10,23H,8,11H2,1H3,(H,21,24). The Kier molecular flexibility index (Phi) is 4.68. The number of anilines is 1. The molecule has 0 aliphatic rings. The van der Waals surface area contributed by atoms with Gasteiger partial charge >= 0.3 is 0 Å². The second-order valence-electron chi connectivity index (χ2n) is 5.54. The van der Waals surface area contributed by atoms with E-state index >= 15 is 0 Å². The monoisotopic (exact) mass is 335 g/mol. The van der Waals surface area contributed by atoms with E-state index in [1.807, 2.05) is 24.3 Å². The summed E-state index contributed by atoms with van der Waals surface area (Å²) in [5.41, 5.74) is 2.01. The Morgan fingerprint density at radius 2 is 1.96 bits per heavy atom. The molecule has 0 fully saturated rings. The molecule has 1 amide bonds. The summed E-state index contributed by atoms with van der Waals surface area (Å²) in [4.78, 5) is 12.6. The fourth-order valence-electron chi connectivity index (χ4n) is 2.64. The van der Waals surface area contributed by atoms with Crippen LogP contribution in [0.1, 0.15) is 27.2 Å². The molecule has 2 N–H and O–H groups in total. The van der Waals surface area contributed by atoms with Crippen LogP contribution in [0.15, 0.2) is 53.2 Å². The quantitative estimate of drug-likeness (QED) is 0.750. The van der Waals surface area contributed by atoms with E-state index in [0.29, 0.717) is 23.8 Å². The minimum Gasteiger partial charge on any atom is -0.443 e. The summed E-state index contributed by atoms with van der Waals surface area (Å²) in [7, 11) is 0. The highest BCUT2D eigenvalue weighted by atomic mass is 16.4. The van der Waals surface area contributed by atoms with E-state index in [9.17, 15) is 10.1 Å². The minimum atomic E-state index is -0.397. The van der Waals surface area contributed by atoms with Crippen molar-refractivity contribution in [3.8, 4) is 12.0 Å². The van der Waals surface area contributed by atoms with Crippen LogP contribution in [0.3, 0.4) is 0 Å². The van der Waals surface area contributed by atoms with Gasteiger partial charge in [-0.3, -0.25) is 9.36 Å². The summed E-state index contributed by atoms with van der Waals surface area (Å²) in [6.07, 6.45) is 4.06. The van der Waals surface area contributed by atoms with Gasteiger partial charge in [-0.25, -0.2) is 0 Å². The number of rotatable bonds is 5. The third-order valence-electron chi connectivity index (χ3n) is 3.86. The first kappa shape index (κ1) is 16.6. The maximum atomic E-state index is 12.6. The smallest absolute Gasteiger partial charge is 0.260 e. The maximum absolute atomic E-state index is 12.6.